The fraction of sp³-hybridized carbons (Fsp3) is 0.125. The molecule has 0 amide bonds. The van der Waals surface area contributed by atoms with Crippen LogP contribution in [0.25, 0.3) is 0 Å². The van der Waals surface area contributed by atoms with Crippen molar-refractivity contribution in [1.82, 2.24) is 5.17 Å². The zero-order valence-electron chi connectivity index (χ0n) is 13.7. The van der Waals surface area contributed by atoms with E-state index in [1.165, 1.54) is 25.5 Å². The first-order chi connectivity index (χ1) is 11.8. The summed E-state index contributed by atoms with van der Waals surface area (Å²) in [5.74, 6) is -0.0821. The summed E-state index contributed by atoms with van der Waals surface area (Å²) >= 11 is 0. The third-order valence-electron chi connectivity index (χ3n) is 3.09. The lowest BCUT2D eigenvalue weighted by Gasteiger charge is -2.15. The Morgan fingerprint density at radius 2 is 1.92 bits per heavy atom. The Morgan fingerprint density at radius 3 is 2.52 bits per heavy atom. The molecule has 132 valence electrons. The summed E-state index contributed by atoms with van der Waals surface area (Å²) < 4.78 is 34.4. The van der Waals surface area contributed by atoms with Gasteiger partial charge in [0.1, 0.15) is 5.75 Å². The van der Waals surface area contributed by atoms with Crippen LogP contribution in [0.3, 0.4) is 0 Å². The quantitative estimate of drug-likeness (QED) is 0.460. The minimum absolute atomic E-state index is 0.0686. The van der Waals surface area contributed by atoms with Crippen molar-refractivity contribution in [2.75, 3.05) is 7.11 Å². The van der Waals surface area contributed by atoms with E-state index < -0.39 is 16.1 Å². The maximum atomic E-state index is 12.3. The molecule has 0 atom stereocenters. The van der Waals surface area contributed by atoms with Crippen LogP contribution in [0.2, 0.25) is 0 Å². The van der Waals surface area contributed by atoms with Crippen LogP contribution in [0.5, 0.6) is 5.75 Å². The highest BCUT2D eigenvalue weighted by atomic mass is 32.2. The Bertz CT molecular complexity index is 879. The molecule has 2 rings (SSSR count). The van der Waals surface area contributed by atoms with Gasteiger partial charge in [-0.25, -0.2) is 0 Å². The minimum Gasteiger partial charge on any atom is -0.497 e. The molecule has 9 heteroatoms. The number of ether oxygens (including phenoxy) is 1. The number of nitrogens with one attached hydrogen (secondary N) is 1. The number of benzene rings is 2. The van der Waals surface area contributed by atoms with Crippen LogP contribution in [0.15, 0.2) is 58.5 Å². The van der Waals surface area contributed by atoms with Gasteiger partial charge in [-0.3, -0.25) is 5.41 Å². The van der Waals surface area contributed by atoms with E-state index in [1.54, 1.807) is 36.4 Å². The van der Waals surface area contributed by atoms with Gasteiger partial charge in [0.15, 0.2) is 0 Å². The van der Waals surface area contributed by atoms with E-state index in [4.69, 9.17) is 20.2 Å². The normalized spacial score (nSPS) is 11.4. The second-order valence-electron chi connectivity index (χ2n) is 5.02. The first kappa shape index (κ1) is 18.4. The molecule has 0 saturated heterocycles. The lowest BCUT2D eigenvalue weighted by molar-refractivity contribution is 0.0284. The van der Waals surface area contributed by atoms with Gasteiger partial charge >= 0.3 is 10.1 Å². The van der Waals surface area contributed by atoms with Gasteiger partial charge in [-0.1, -0.05) is 35.0 Å². The second-order valence-corrected chi connectivity index (χ2v) is 6.55. The molecule has 0 heterocycles. The lowest BCUT2D eigenvalue weighted by atomic mass is 10.2. The van der Waals surface area contributed by atoms with E-state index in [9.17, 15) is 8.42 Å². The van der Waals surface area contributed by atoms with E-state index in [2.05, 4.69) is 5.10 Å². The molecule has 0 bridgehead atoms. The highest BCUT2D eigenvalue weighted by Crippen LogP contribution is 2.15. The van der Waals surface area contributed by atoms with E-state index >= 15 is 0 Å². The summed E-state index contributed by atoms with van der Waals surface area (Å²) in [6, 6.07) is 12.9. The van der Waals surface area contributed by atoms with Gasteiger partial charge in [0, 0.05) is 0 Å². The number of nitrogens with two attached hydrogens (primary N) is 1. The molecular formula is C16H18N4O4S. The number of nitrogens with zero attached hydrogens (tertiary/aromatic N) is 2. The zero-order valence-corrected chi connectivity index (χ0v) is 14.5. The van der Waals surface area contributed by atoms with Crippen LogP contribution in [0, 0.1) is 12.3 Å². The molecule has 0 aliphatic heterocycles. The summed E-state index contributed by atoms with van der Waals surface area (Å²) in [6.45, 7) is 1.83. The zero-order chi connectivity index (χ0) is 18.4. The van der Waals surface area contributed by atoms with Crippen molar-refractivity contribution < 1.29 is 17.4 Å². The number of methoxy groups -OCH3 is 1. The van der Waals surface area contributed by atoms with E-state index in [0.29, 0.717) is 16.5 Å². The van der Waals surface area contributed by atoms with Crippen LogP contribution >= 0.6 is 0 Å². The average Bonchev–Trinajstić information content (AvgIpc) is 2.59. The van der Waals surface area contributed by atoms with Crippen LogP contribution in [-0.4, -0.2) is 32.9 Å². The van der Waals surface area contributed by atoms with Crippen molar-refractivity contribution in [3.05, 3.63) is 59.7 Å². The summed E-state index contributed by atoms with van der Waals surface area (Å²) in [5.41, 5.74) is 6.86. The predicted octanol–water partition coefficient (Wildman–Crippen LogP) is 1.85. The van der Waals surface area contributed by atoms with Crippen molar-refractivity contribution in [2.24, 2.45) is 10.8 Å². The largest absolute Gasteiger partial charge is 0.497 e. The smallest absolute Gasteiger partial charge is 0.319 e. The first-order valence-corrected chi connectivity index (χ1v) is 8.56. The molecule has 0 fully saturated rings. The highest BCUT2D eigenvalue weighted by molar-refractivity contribution is 7.86. The van der Waals surface area contributed by atoms with Crippen LogP contribution in [0.1, 0.15) is 11.1 Å². The number of rotatable bonds is 6. The van der Waals surface area contributed by atoms with Gasteiger partial charge in [0.25, 0.3) is 0 Å². The molecule has 0 unspecified atom stereocenters. The van der Waals surface area contributed by atoms with E-state index in [-0.39, 0.29) is 4.90 Å². The topological polar surface area (TPSA) is 118 Å². The molecular weight excluding hydrogens is 344 g/mol. The molecule has 25 heavy (non-hydrogen) atoms. The van der Waals surface area contributed by atoms with Gasteiger partial charge in [-0.15, -0.1) is 9.39 Å². The standard InChI is InChI=1S/C16H18N4O4S/c1-12-6-8-15(9-7-12)25(21,22)24-20(16(17)18)19-11-13-4-3-5-14(10-13)23-2/h3-11H,1-2H3,(H3,17,18). The Hall–Kier alpha value is -2.91. The SMILES string of the molecule is COc1cccc(C=NN(OS(=O)(=O)c2ccc(C)cc2)C(=N)N)c1. The summed E-state index contributed by atoms with van der Waals surface area (Å²) in [6.07, 6.45) is 1.30. The summed E-state index contributed by atoms with van der Waals surface area (Å²) in [7, 11) is -2.65. The van der Waals surface area contributed by atoms with Gasteiger partial charge in [-0.2, -0.15) is 8.42 Å². The molecule has 8 nitrogen and oxygen atoms in total. The van der Waals surface area contributed by atoms with Crippen LogP contribution in [0.4, 0.5) is 0 Å². The lowest BCUT2D eigenvalue weighted by Crippen LogP contribution is -2.34. The second kappa shape index (κ2) is 7.77. The molecule has 3 N–H and O–H groups in total. The van der Waals surface area contributed by atoms with E-state index in [1.807, 2.05) is 6.92 Å². The molecule has 2 aromatic rings. The summed E-state index contributed by atoms with van der Waals surface area (Å²) in [5, 5.41) is 11.7. The fourth-order valence-electron chi connectivity index (χ4n) is 1.80. The van der Waals surface area contributed by atoms with E-state index in [0.717, 1.165) is 5.56 Å². The van der Waals surface area contributed by atoms with Crippen molar-refractivity contribution in [2.45, 2.75) is 11.8 Å². The minimum atomic E-state index is -4.17. The van der Waals surface area contributed by atoms with Gasteiger partial charge < -0.3 is 10.5 Å². The highest BCUT2D eigenvalue weighted by Gasteiger charge is 2.21. The van der Waals surface area contributed by atoms with Crippen molar-refractivity contribution >= 4 is 22.3 Å². The monoisotopic (exact) mass is 362 g/mol. The number of hydrazone groups is 1. The molecule has 0 spiro atoms. The third-order valence-corrected chi connectivity index (χ3v) is 4.28. The van der Waals surface area contributed by atoms with Gasteiger partial charge in [0.2, 0.25) is 5.96 Å². The molecule has 2 aromatic carbocycles. The summed E-state index contributed by atoms with van der Waals surface area (Å²) in [4.78, 5) is -0.0686. The number of hydroxylamine groups is 1. The Morgan fingerprint density at radius 1 is 1.24 bits per heavy atom. The number of guanidine groups is 1. The fourth-order valence-corrected chi connectivity index (χ4v) is 2.66. The number of aryl methyl sites for hydroxylation is 1. The maximum absolute atomic E-state index is 12.3. The van der Waals surface area contributed by atoms with Crippen LogP contribution in [-0.2, 0) is 14.4 Å². The molecule has 0 radical (unpaired) electrons. The molecule has 0 aromatic heterocycles. The van der Waals surface area contributed by atoms with Crippen molar-refractivity contribution in [3.8, 4) is 5.75 Å². The number of hydrogen-bond donors (Lipinski definition) is 2. The third kappa shape index (κ3) is 5.03. The Labute approximate surface area is 146 Å². The predicted molar refractivity (Wildman–Crippen MR) is 93.8 cm³/mol. The van der Waals surface area contributed by atoms with Gasteiger partial charge in [-0.05, 0) is 36.8 Å². The first-order valence-electron chi connectivity index (χ1n) is 7.15. The Kier molecular flexibility index (Phi) is 5.73. The Balaban J connectivity index is 2.21. The number of hydrogen-bond acceptors (Lipinski definition) is 6. The van der Waals surface area contributed by atoms with Crippen molar-refractivity contribution in [3.63, 3.8) is 0 Å². The van der Waals surface area contributed by atoms with Crippen molar-refractivity contribution in [1.29, 1.82) is 5.41 Å². The molecule has 0 aliphatic carbocycles. The van der Waals surface area contributed by atoms with Gasteiger partial charge in [0.05, 0.1) is 18.2 Å². The average molecular weight is 362 g/mol. The molecule has 0 saturated carbocycles. The molecule has 0 aliphatic rings. The van der Waals surface area contributed by atoms with Crippen LogP contribution < -0.4 is 10.5 Å². The maximum Gasteiger partial charge on any atom is 0.319 e.